The van der Waals surface area contributed by atoms with E-state index in [0.29, 0.717) is 0 Å². The van der Waals surface area contributed by atoms with Crippen molar-refractivity contribution < 1.29 is 39.6 Å². The molecule has 0 aromatic carbocycles. The predicted octanol–water partition coefficient (Wildman–Crippen LogP) is -2.02. The molecule has 9 nitrogen and oxygen atoms in total. The Morgan fingerprint density at radius 2 is 1.76 bits per heavy atom. The maximum absolute atomic E-state index is 10.7. The van der Waals surface area contributed by atoms with E-state index in [2.05, 4.69) is 4.84 Å². The molecule has 1 fully saturated rings. The topological polar surface area (TPSA) is 145 Å². The molecule has 4 N–H and O–H groups in total. The summed E-state index contributed by atoms with van der Waals surface area (Å²) in [5, 5.41) is 35.7. The molecule has 17 heavy (non-hydrogen) atoms. The Labute approximate surface area is 94.8 Å². The van der Waals surface area contributed by atoms with Crippen molar-refractivity contribution in [2.45, 2.75) is 24.7 Å². The first-order valence-corrected chi connectivity index (χ1v) is 4.64. The summed E-state index contributed by atoms with van der Waals surface area (Å²) in [4.78, 5) is 36.4. The number of nitrogens with zero attached hydrogens (tertiary/aromatic N) is 1. The number of hydrogen-bond donors (Lipinski definition) is 4. The minimum absolute atomic E-state index is 0.160. The van der Waals surface area contributed by atoms with Crippen molar-refractivity contribution in [2.24, 2.45) is 0 Å². The minimum Gasteiger partial charge on any atom is -0.480 e. The van der Waals surface area contributed by atoms with Crippen LogP contribution >= 0.6 is 0 Å². The lowest BCUT2D eigenvalue weighted by Crippen LogP contribution is -2.56. The highest BCUT2D eigenvalue weighted by molar-refractivity contribution is 5.83. The molecule has 1 saturated heterocycles. The van der Waals surface area contributed by atoms with Crippen LogP contribution in [0.5, 0.6) is 0 Å². The quantitative estimate of drug-likeness (QED) is 0.418. The third kappa shape index (κ3) is 2.90. The Morgan fingerprint density at radius 1 is 1.18 bits per heavy atom. The summed E-state index contributed by atoms with van der Waals surface area (Å²) in [5.74, 6) is -4.65. The molecule has 0 aromatic heterocycles. The zero-order valence-corrected chi connectivity index (χ0v) is 8.52. The van der Waals surface area contributed by atoms with Crippen LogP contribution in [0.1, 0.15) is 6.42 Å². The lowest BCUT2D eigenvalue weighted by atomic mass is 10.1. The molecule has 1 aliphatic rings. The normalized spacial score (nSPS) is 23.5. The third-order valence-corrected chi connectivity index (χ3v) is 2.29. The van der Waals surface area contributed by atoms with Gasteiger partial charge in [0.2, 0.25) is 6.10 Å². The molecule has 96 valence electrons. The van der Waals surface area contributed by atoms with Crippen LogP contribution < -0.4 is 0 Å². The monoisotopic (exact) mass is 249 g/mol. The highest BCUT2D eigenvalue weighted by Gasteiger charge is 2.42. The summed E-state index contributed by atoms with van der Waals surface area (Å²) in [6.45, 7) is 0.160. The third-order valence-electron chi connectivity index (χ3n) is 2.29. The average molecular weight is 249 g/mol. The van der Waals surface area contributed by atoms with Gasteiger partial charge in [-0.1, -0.05) is 0 Å². The summed E-state index contributed by atoms with van der Waals surface area (Å²) < 4.78 is 0. The number of hydrogen-bond acceptors (Lipinski definition) is 6. The van der Waals surface area contributed by atoms with Crippen LogP contribution in [0, 0.1) is 0 Å². The smallest absolute Gasteiger partial charge is 0.338 e. The molecular formula is C8H11NO8. The number of aliphatic hydroxyl groups excluding tert-OH is 1. The Balaban J connectivity index is 2.65. The van der Waals surface area contributed by atoms with Crippen LogP contribution in [-0.4, -0.2) is 68.2 Å². The molecule has 0 bridgehead atoms. The van der Waals surface area contributed by atoms with Crippen LogP contribution in [0.15, 0.2) is 0 Å². The highest BCUT2D eigenvalue weighted by atomic mass is 16.7. The maximum atomic E-state index is 10.7. The van der Waals surface area contributed by atoms with Crippen molar-refractivity contribution in [3.63, 3.8) is 0 Å². The van der Waals surface area contributed by atoms with Gasteiger partial charge in [0.15, 0.2) is 6.10 Å². The van der Waals surface area contributed by atoms with Gasteiger partial charge in [-0.3, -0.25) is 9.63 Å². The number of aliphatic hydroxyl groups is 1. The van der Waals surface area contributed by atoms with Gasteiger partial charge >= 0.3 is 17.9 Å². The van der Waals surface area contributed by atoms with Gasteiger partial charge < -0.3 is 20.4 Å². The molecule has 1 heterocycles. The first kappa shape index (κ1) is 13.4. The molecule has 0 spiro atoms. The number of hydroxylamine groups is 2. The van der Waals surface area contributed by atoms with Crippen LogP contribution in [0.4, 0.5) is 0 Å². The fraction of sp³-hybridized carbons (Fsp3) is 0.625. The molecule has 0 aromatic rings. The lowest BCUT2D eigenvalue weighted by Gasteiger charge is -2.38. The van der Waals surface area contributed by atoms with Gasteiger partial charge in [-0.05, 0) is 6.42 Å². The minimum atomic E-state index is -2.26. The maximum Gasteiger partial charge on any atom is 0.338 e. The molecule has 1 aliphatic heterocycles. The molecule has 0 radical (unpaired) electrons. The zero-order chi connectivity index (χ0) is 13.2. The molecule has 3 atom stereocenters. The number of carboxylic acids is 3. The number of rotatable bonds is 6. The molecule has 1 unspecified atom stereocenters. The van der Waals surface area contributed by atoms with Crippen molar-refractivity contribution in [1.82, 2.24) is 5.06 Å². The van der Waals surface area contributed by atoms with E-state index in [1.54, 1.807) is 0 Å². The van der Waals surface area contributed by atoms with Crippen LogP contribution in [0.25, 0.3) is 0 Å². The van der Waals surface area contributed by atoms with Crippen LogP contribution in [0.3, 0.4) is 0 Å². The standard InChI is InChI=1S/C8H11NO8/c10-4(7(13)14)5(8(15)16)17-9-2-1-3(9)6(11)12/h3-5,10H,1-2H2,(H,11,12)(H,13,14)(H,15,16)/t3?,4-,5-/m0/s1. The number of carboxylic acid groups (broad SMARTS) is 3. The molecule has 0 aliphatic carbocycles. The van der Waals surface area contributed by atoms with E-state index in [1.807, 2.05) is 0 Å². The van der Waals surface area contributed by atoms with Gasteiger partial charge in [-0.25, -0.2) is 9.59 Å². The first-order chi connectivity index (χ1) is 7.84. The summed E-state index contributed by atoms with van der Waals surface area (Å²) in [7, 11) is 0. The second kappa shape index (κ2) is 5.08. The van der Waals surface area contributed by atoms with Gasteiger partial charge in [0, 0.05) is 6.54 Å². The van der Waals surface area contributed by atoms with E-state index >= 15 is 0 Å². The first-order valence-electron chi connectivity index (χ1n) is 4.64. The van der Waals surface area contributed by atoms with Crippen molar-refractivity contribution in [1.29, 1.82) is 0 Å². The van der Waals surface area contributed by atoms with Gasteiger partial charge in [-0.2, -0.15) is 5.06 Å². The number of aliphatic carboxylic acids is 3. The SMILES string of the molecule is O=C(O)C1CCN1O[C@H](C(=O)O)[C@H](O)C(=O)O. The predicted molar refractivity (Wildman–Crippen MR) is 48.9 cm³/mol. The van der Waals surface area contributed by atoms with Gasteiger partial charge in [0.1, 0.15) is 6.04 Å². The van der Waals surface area contributed by atoms with Gasteiger partial charge in [-0.15, -0.1) is 0 Å². The molecule has 9 heteroatoms. The molecule has 0 amide bonds. The van der Waals surface area contributed by atoms with Crippen molar-refractivity contribution in [3.05, 3.63) is 0 Å². The van der Waals surface area contributed by atoms with Crippen molar-refractivity contribution >= 4 is 17.9 Å². The van der Waals surface area contributed by atoms with Crippen LogP contribution in [0.2, 0.25) is 0 Å². The second-order valence-corrected chi connectivity index (χ2v) is 3.43. The Hall–Kier alpha value is -1.71. The summed E-state index contributed by atoms with van der Waals surface area (Å²) in [6.07, 6.45) is -4.03. The summed E-state index contributed by atoms with van der Waals surface area (Å²) in [5.41, 5.74) is 0. The van der Waals surface area contributed by atoms with E-state index < -0.39 is 36.2 Å². The summed E-state index contributed by atoms with van der Waals surface area (Å²) >= 11 is 0. The molecule has 1 rings (SSSR count). The van der Waals surface area contributed by atoms with Gasteiger partial charge in [0.05, 0.1) is 0 Å². The van der Waals surface area contributed by atoms with Gasteiger partial charge in [0.25, 0.3) is 0 Å². The number of carbonyl (C=O) groups is 3. The molecular weight excluding hydrogens is 238 g/mol. The van der Waals surface area contributed by atoms with E-state index in [9.17, 15) is 14.4 Å². The summed E-state index contributed by atoms with van der Waals surface area (Å²) in [6, 6.07) is -1.02. The average Bonchev–Trinajstić information content (AvgIpc) is 2.14. The fourth-order valence-corrected chi connectivity index (χ4v) is 1.25. The lowest BCUT2D eigenvalue weighted by molar-refractivity contribution is -0.274. The fourth-order valence-electron chi connectivity index (χ4n) is 1.25. The Kier molecular flexibility index (Phi) is 3.99. The van der Waals surface area contributed by atoms with E-state index in [1.165, 1.54) is 0 Å². The van der Waals surface area contributed by atoms with Crippen molar-refractivity contribution in [2.75, 3.05) is 6.54 Å². The van der Waals surface area contributed by atoms with E-state index in [0.717, 1.165) is 5.06 Å². The Morgan fingerprint density at radius 3 is 2.06 bits per heavy atom. The Bertz CT molecular complexity index is 342. The largest absolute Gasteiger partial charge is 0.480 e. The highest BCUT2D eigenvalue weighted by Crippen LogP contribution is 2.20. The molecule has 0 saturated carbocycles. The van der Waals surface area contributed by atoms with E-state index in [4.69, 9.17) is 20.4 Å². The van der Waals surface area contributed by atoms with E-state index in [-0.39, 0.29) is 13.0 Å². The zero-order valence-electron chi connectivity index (χ0n) is 8.52. The second-order valence-electron chi connectivity index (χ2n) is 3.43. The van der Waals surface area contributed by atoms with Crippen molar-refractivity contribution in [3.8, 4) is 0 Å². The van der Waals surface area contributed by atoms with Crippen LogP contribution in [-0.2, 0) is 19.2 Å².